The summed E-state index contributed by atoms with van der Waals surface area (Å²) in [5.41, 5.74) is -0.873. The van der Waals surface area contributed by atoms with E-state index in [2.05, 4.69) is 10.6 Å². The Balaban J connectivity index is 1.29. The minimum atomic E-state index is -0.502. The van der Waals surface area contributed by atoms with Gasteiger partial charge >= 0.3 is 6.09 Å². The zero-order valence-electron chi connectivity index (χ0n) is 16.5. The number of alkyl carbamates (subject to hydrolysis) is 1. The summed E-state index contributed by atoms with van der Waals surface area (Å²) in [6, 6.07) is 0. The second-order valence-corrected chi connectivity index (χ2v) is 9.48. The van der Waals surface area contributed by atoms with E-state index in [0.717, 1.165) is 32.1 Å². The smallest absolute Gasteiger partial charge is 0.408 e. The Labute approximate surface area is 155 Å². The van der Waals surface area contributed by atoms with Crippen molar-refractivity contribution in [1.82, 2.24) is 10.6 Å². The third-order valence-corrected chi connectivity index (χ3v) is 5.17. The van der Waals surface area contributed by atoms with Crippen molar-refractivity contribution in [2.24, 2.45) is 0 Å². The highest BCUT2D eigenvalue weighted by atomic mass is 16.6. The molecule has 7 nitrogen and oxygen atoms in total. The first-order chi connectivity index (χ1) is 12.0. The molecule has 0 radical (unpaired) electrons. The molecule has 148 valence electrons. The summed E-state index contributed by atoms with van der Waals surface area (Å²) in [4.78, 5) is 24.0. The Morgan fingerprint density at radius 1 is 1.04 bits per heavy atom. The first-order valence-corrected chi connectivity index (χ1v) is 9.57. The maximum Gasteiger partial charge on any atom is 0.408 e. The maximum absolute atomic E-state index is 12.1. The molecule has 0 spiro atoms. The van der Waals surface area contributed by atoms with Gasteiger partial charge in [-0.05, 0) is 66.7 Å². The van der Waals surface area contributed by atoms with Crippen LogP contribution in [0.15, 0.2) is 0 Å². The fourth-order valence-corrected chi connectivity index (χ4v) is 4.25. The summed E-state index contributed by atoms with van der Waals surface area (Å²) in [6.45, 7) is 9.67. The summed E-state index contributed by atoms with van der Waals surface area (Å²) < 4.78 is 16.6. The predicted molar refractivity (Wildman–Crippen MR) is 95.8 cm³/mol. The van der Waals surface area contributed by atoms with Crippen molar-refractivity contribution in [2.45, 2.75) is 102 Å². The summed E-state index contributed by atoms with van der Waals surface area (Å²) in [5, 5.41) is 6.01. The van der Waals surface area contributed by atoms with Gasteiger partial charge in [-0.3, -0.25) is 4.79 Å². The van der Waals surface area contributed by atoms with Gasteiger partial charge in [-0.2, -0.15) is 0 Å². The zero-order chi connectivity index (χ0) is 19.2. The average Bonchev–Trinajstić information content (AvgIpc) is 2.34. The Kier molecular flexibility index (Phi) is 4.99. The van der Waals surface area contributed by atoms with Gasteiger partial charge in [-0.1, -0.05) is 0 Å². The van der Waals surface area contributed by atoms with E-state index in [-0.39, 0.29) is 48.0 Å². The number of hydrogen-bond donors (Lipinski definition) is 2. The van der Waals surface area contributed by atoms with Crippen molar-refractivity contribution in [3.05, 3.63) is 0 Å². The van der Waals surface area contributed by atoms with Gasteiger partial charge in [-0.25, -0.2) is 4.79 Å². The van der Waals surface area contributed by atoms with Crippen molar-refractivity contribution >= 4 is 12.0 Å². The van der Waals surface area contributed by atoms with E-state index >= 15 is 0 Å². The molecule has 4 saturated carbocycles. The minimum absolute atomic E-state index is 0.0798. The van der Waals surface area contributed by atoms with Crippen LogP contribution in [0.5, 0.6) is 0 Å². The molecule has 4 rings (SSSR count). The van der Waals surface area contributed by atoms with Gasteiger partial charge in [0, 0.05) is 5.54 Å². The van der Waals surface area contributed by atoms with Gasteiger partial charge in [0.25, 0.3) is 0 Å². The summed E-state index contributed by atoms with van der Waals surface area (Å²) in [5.74, 6) is -0.0798. The largest absolute Gasteiger partial charge is 0.444 e. The second-order valence-electron chi connectivity index (χ2n) is 9.48. The highest BCUT2D eigenvalue weighted by molar-refractivity contribution is 5.79. The number of nitrogens with one attached hydrogen (secondary N) is 2. The molecular weight excluding hydrogens is 336 g/mol. The Morgan fingerprint density at radius 2 is 1.62 bits per heavy atom. The molecule has 0 aromatic carbocycles. The van der Waals surface area contributed by atoms with Gasteiger partial charge < -0.3 is 24.8 Å². The number of ether oxygens (including phenoxy) is 3. The van der Waals surface area contributed by atoms with Crippen LogP contribution in [0.3, 0.4) is 0 Å². The van der Waals surface area contributed by atoms with Gasteiger partial charge in [0.15, 0.2) is 0 Å². The summed E-state index contributed by atoms with van der Waals surface area (Å²) in [7, 11) is 0. The second kappa shape index (κ2) is 6.68. The third-order valence-electron chi connectivity index (χ3n) is 5.17. The van der Waals surface area contributed by atoms with Crippen molar-refractivity contribution in [3.63, 3.8) is 0 Å². The number of rotatable bonds is 7. The molecule has 2 N–H and O–H groups in total. The SMILES string of the molecule is CC(C)OC1CC(OCC(=O)NC23CC(NC(=O)OC(C)(C)C)(C2)C3)C1. The fourth-order valence-electron chi connectivity index (χ4n) is 4.25. The van der Waals surface area contributed by atoms with Crippen molar-refractivity contribution < 1.29 is 23.8 Å². The van der Waals surface area contributed by atoms with Crippen LogP contribution in [0.2, 0.25) is 0 Å². The molecule has 26 heavy (non-hydrogen) atoms. The van der Waals surface area contributed by atoms with Crippen molar-refractivity contribution in [2.75, 3.05) is 6.61 Å². The lowest BCUT2D eigenvalue weighted by molar-refractivity contribution is -0.154. The average molecular weight is 368 g/mol. The normalized spacial score (nSPS) is 35.0. The highest BCUT2D eigenvalue weighted by Crippen LogP contribution is 2.60. The molecule has 0 aromatic heterocycles. The number of hydrogen-bond acceptors (Lipinski definition) is 5. The van der Waals surface area contributed by atoms with E-state index in [1.165, 1.54) is 0 Å². The number of carbonyl (C=O) groups is 2. The molecular formula is C19H32N2O5. The molecule has 2 amide bonds. The Morgan fingerprint density at radius 3 is 2.15 bits per heavy atom. The fraction of sp³-hybridized carbons (Fsp3) is 0.895. The molecule has 4 aliphatic rings. The lowest BCUT2D eigenvalue weighted by atomic mass is 9.44. The molecule has 0 aromatic rings. The molecule has 4 fully saturated rings. The summed E-state index contributed by atoms with van der Waals surface area (Å²) >= 11 is 0. The first-order valence-electron chi connectivity index (χ1n) is 9.57. The molecule has 0 aliphatic heterocycles. The quantitative estimate of drug-likeness (QED) is 0.720. The molecule has 0 atom stereocenters. The predicted octanol–water partition coefficient (Wildman–Crippen LogP) is 2.27. The number of carbonyl (C=O) groups excluding carboxylic acids is 2. The standard InChI is InChI=1S/C19H32N2O5/c1-12(2)25-14-6-13(7-14)24-8-15(22)20-18-9-19(10-18,11-18)21-16(23)26-17(3,4)5/h12-14H,6-11H2,1-5H3,(H,20,22)(H,21,23). The lowest BCUT2D eigenvalue weighted by Gasteiger charge is -2.70. The van der Waals surface area contributed by atoms with E-state index in [4.69, 9.17) is 14.2 Å². The van der Waals surface area contributed by atoms with Crippen molar-refractivity contribution in [1.29, 1.82) is 0 Å². The van der Waals surface area contributed by atoms with Crippen LogP contribution in [0, 0.1) is 0 Å². The van der Waals surface area contributed by atoms with E-state index in [1.807, 2.05) is 34.6 Å². The molecule has 4 aliphatic carbocycles. The van der Waals surface area contributed by atoms with Gasteiger partial charge in [-0.15, -0.1) is 0 Å². The monoisotopic (exact) mass is 368 g/mol. The first kappa shape index (κ1) is 19.4. The van der Waals surface area contributed by atoms with Crippen LogP contribution < -0.4 is 10.6 Å². The van der Waals surface area contributed by atoms with Crippen LogP contribution in [0.1, 0.15) is 66.7 Å². The highest BCUT2D eigenvalue weighted by Gasteiger charge is 2.69. The van der Waals surface area contributed by atoms with Gasteiger partial charge in [0.1, 0.15) is 12.2 Å². The van der Waals surface area contributed by atoms with E-state index in [0.29, 0.717) is 0 Å². The zero-order valence-corrected chi connectivity index (χ0v) is 16.5. The third kappa shape index (κ3) is 4.49. The van der Waals surface area contributed by atoms with Crippen LogP contribution >= 0.6 is 0 Å². The molecule has 0 unspecified atom stereocenters. The number of amides is 2. The topological polar surface area (TPSA) is 85.9 Å². The van der Waals surface area contributed by atoms with E-state index < -0.39 is 5.60 Å². The Bertz CT molecular complexity index is 543. The van der Waals surface area contributed by atoms with E-state index in [9.17, 15) is 9.59 Å². The van der Waals surface area contributed by atoms with Gasteiger partial charge in [0.05, 0.1) is 23.9 Å². The van der Waals surface area contributed by atoms with E-state index in [1.54, 1.807) is 0 Å². The minimum Gasteiger partial charge on any atom is -0.444 e. The molecule has 0 saturated heterocycles. The molecule has 2 bridgehead atoms. The lowest BCUT2D eigenvalue weighted by Crippen LogP contribution is -2.84. The molecule has 0 heterocycles. The van der Waals surface area contributed by atoms with Crippen LogP contribution in [-0.4, -0.2) is 53.6 Å². The van der Waals surface area contributed by atoms with Gasteiger partial charge in [0.2, 0.25) is 5.91 Å². The van der Waals surface area contributed by atoms with Crippen LogP contribution in [0.25, 0.3) is 0 Å². The maximum atomic E-state index is 12.1. The molecule has 7 heteroatoms. The van der Waals surface area contributed by atoms with Crippen LogP contribution in [0.4, 0.5) is 4.79 Å². The van der Waals surface area contributed by atoms with Crippen molar-refractivity contribution in [3.8, 4) is 0 Å². The van der Waals surface area contributed by atoms with Crippen LogP contribution in [-0.2, 0) is 19.0 Å². The Hall–Kier alpha value is -1.34. The summed E-state index contributed by atoms with van der Waals surface area (Å²) in [6.07, 6.45) is 4.24.